The van der Waals surface area contributed by atoms with Crippen molar-refractivity contribution in [3.63, 3.8) is 0 Å². The van der Waals surface area contributed by atoms with Gasteiger partial charge in [-0.25, -0.2) is 0 Å². The Bertz CT molecular complexity index is 497. The molecule has 1 aromatic rings. The molecule has 1 aliphatic carbocycles. The zero-order chi connectivity index (χ0) is 12.2. The van der Waals surface area contributed by atoms with Crippen molar-refractivity contribution in [2.24, 2.45) is 5.92 Å². The fraction of sp³-hybridized carbons (Fsp3) is 0.500. The van der Waals surface area contributed by atoms with Gasteiger partial charge in [0.05, 0.1) is 5.92 Å². The number of nitrogens with zero attached hydrogens (tertiary/aromatic N) is 1. The van der Waals surface area contributed by atoms with Crippen LogP contribution in [0.2, 0.25) is 0 Å². The van der Waals surface area contributed by atoms with Crippen LogP contribution in [0.1, 0.15) is 24.5 Å². The van der Waals surface area contributed by atoms with Crippen molar-refractivity contribution in [1.29, 1.82) is 0 Å². The number of carboxylic acid groups (broad SMARTS) is 1. The number of aliphatic carboxylic acids is 1. The van der Waals surface area contributed by atoms with E-state index >= 15 is 0 Å². The minimum absolute atomic E-state index is 0.137. The number of hydrogen-bond donors (Lipinski definition) is 1. The van der Waals surface area contributed by atoms with Crippen molar-refractivity contribution in [3.05, 3.63) is 29.3 Å². The molecule has 1 heterocycles. The van der Waals surface area contributed by atoms with Gasteiger partial charge in [0.25, 0.3) is 0 Å². The second kappa shape index (κ2) is 3.25. The lowest BCUT2D eigenvalue weighted by Crippen LogP contribution is -2.13. The normalized spacial score (nSPS) is 30.2. The summed E-state index contributed by atoms with van der Waals surface area (Å²) in [6, 6.07) is 6.45. The topological polar surface area (TPSA) is 40.5 Å². The summed E-state index contributed by atoms with van der Waals surface area (Å²) in [4.78, 5) is 13.3. The highest BCUT2D eigenvalue weighted by Gasteiger charge is 2.56. The van der Waals surface area contributed by atoms with E-state index in [1.165, 1.54) is 16.8 Å². The van der Waals surface area contributed by atoms with Gasteiger partial charge >= 0.3 is 5.97 Å². The minimum Gasteiger partial charge on any atom is -0.481 e. The van der Waals surface area contributed by atoms with Gasteiger partial charge in [-0.1, -0.05) is 19.1 Å². The van der Waals surface area contributed by atoms with E-state index in [0.29, 0.717) is 0 Å². The summed E-state index contributed by atoms with van der Waals surface area (Å²) < 4.78 is 0. The quantitative estimate of drug-likeness (QED) is 0.846. The lowest BCUT2D eigenvalue weighted by atomic mass is 9.93. The van der Waals surface area contributed by atoms with E-state index in [4.69, 9.17) is 5.11 Å². The monoisotopic (exact) mass is 231 g/mol. The van der Waals surface area contributed by atoms with Gasteiger partial charge in [0, 0.05) is 24.7 Å². The highest BCUT2D eigenvalue weighted by atomic mass is 16.4. The van der Waals surface area contributed by atoms with Gasteiger partial charge in [0.1, 0.15) is 0 Å². The second-order valence-electron chi connectivity index (χ2n) is 5.53. The predicted octanol–water partition coefficient (Wildman–Crippen LogP) is 2.04. The van der Waals surface area contributed by atoms with Crippen LogP contribution in [0, 0.1) is 5.92 Å². The molecule has 0 radical (unpaired) electrons. The Labute approximate surface area is 101 Å². The van der Waals surface area contributed by atoms with E-state index in [-0.39, 0.29) is 11.3 Å². The van der Waals surface area contributed by atoms with E-state index in [2.05, 4.69) is 37.1 Å². The maximum Gasteiger partial charge on any atom is 0.307 e. The van der Waals surface area contributed by atoms with Crippen LogP contribution in [0.4, 0.5) is 5.69 Å². The Hall–Kier alpha value is -1.51. The number of rotatable bonds is 2. The van der Waals surface area contributed by atoms with Gasteiger partial charge < -0.3 is 10.0 Å². The molecular formula is C14H17NO2. The molecule has 1 saturated carbocycles. The van der Waals surface area contributed by atoms with E-state index in [1.54, 1.807) is 0 Å². The summed E-state index contributed by atoms with van der Waals surface area (Å²) in [5.74, 6) is -0.857. The number of anilines is 1. The Kier molecular flexibility index (Phi) is 2.03. The number of benzene rings is 1. The third-order valence-electron chi connectivity index (χ3n) is 4.40. The second-order valence-corrected chi connectivity index (χ2v) is 5.53. The SMILES string of the molecule is CN1CCc2cc(C3(C)CC3C(=O)O)ccc21. The fourth-order valence-electron chi connectivity index (χ4n) is 2.97. The molecule has 1 N–H and O–H groups in total. The van der Waals surface area contributed by atoms with Crippen molar-refractivity contribution in [2.75, 3.05) is 18.5 Å². The number of carbonyl (C=O) groups is 1. The van der Waals surface area contributed by atoms with Crippen molar-refractivity contribution < 1.29 is 9.90 Å². The molecule has 1 fully saturated rings. The molecule has 0 spiro atoms. The molecular weight excluding hydrogens is 214 g/mol. The van der Waals surface area contributed by atoms with Gasteiger partial charge in [-0.3, -0.25) is 4.79 Å². The molecule has 3 rings (SSSR count). The zero-order valence-electron chi connectivity index (χ0n) is 10.2. The van der Waals surface area contributed by atoms with Gasteiger partial charge in [-0.15, -0.1) is 0 Å². The third kappa shape index (κ3) is 1.45. The molecule has 0 aromatic heterocycles. The third-order valence-corrected chi connectivity index (χ3v) is 4.40. The number of hydrogen-bond acceptors (Lipinski definition) is 2. The lowest BCUT2D eigenvalue weighted by molar-refractivity contribution is -0.138. The highest BCUT2D eigenvalue weighted by Crippen LogP contribution is 2.54. The lowest BCUT2D eigenvalue weighted by Gasteiger charge is -2.15. The smallest absolute Gasteiger partial charge is 0.307 e. The average molecular weight is 231 g/mol. The molecule has 0 bridgehead atoms. The van der Waals surface area contributed by atoms with Crippen molar-refractivity contribution in [2.45, 2.75) is 25.2 Å². The first-order chi connectivity index (χ1) is 8.02. The van der Waals surface area contributed by atoms with E-state index < -0.39 is 5.97 Å². The predicted molar refractivity (Wildman–Crippen MR) is 66.5 cm³/mol. The van der Waals surface area contributed by atoms with Gasteiger partial charge in [-0.05, 0) is 30.0 Å². The van der Waals surface area contributed by atoms with Crippen LogP contribution in [0.5, 0.6) is 0 Å². The Morgan fingerprint density at radius 1 is 1.53 bits per heavy atom. The van der Waals surface area contributed by atoms with E-state index in [1.807, 2.05) is 0 Å². The highest BCUT2D eigenvalue weighted by molar-refractivity contribution is 5.77. The number of carboxylic acids is 1. The van der Waals surface area contributed by atoms with Gasteiger partial charge in [-0.2, -0.15) is 0 Å². The largest absolute Gasteiger partial charge is 0.481 e. The molecule has 2 aliphatic rings. The van der Waals surface area contributed by atoms with Crippen LogP contribution in [0.15, 0.2) is 18.2 Å². The van der Waals surface area contributed by atoms with E-state index in [0.717, 1.165) is 19.4 Å². The molecule has 0 amide bonds. The molecule has 90 valence electrons. The van der Waals surface area contributed by atoms with Crippen molar-refractivity contribution in [3.8, 4) is 0 Å². The maximum atomic E-state index is 11.0. The summed E-state index contributed by atoms with van der Waals surface area (Å²) in [7, 11) is 2.10. The first-order valence-corrected chi connectivity index (χ1v) is 6.10. The molecule has 3 nitrogen and oxygen atoms in total. The molecule has 17 heavy (non-hydrogen) atoms. The summed E-state index contributed by atoms with van der Waals surface area (Å²) in [5, 5.41) is 9.08. The number of likely N-dealkylation sites (N-methyl/N-ethyl adjacent to an activating group) is 1. The zero-order valence-corrected chi connectivity index (χ0v) is 10.2. The molecule has 1 aliphatic heterocycles. The minimum atomic E-state index is -0.662. The van der Waals surface area contributed by atoms with Crippen molar-refractivity contribution >= 4 is 11.7 Å². The molecule has 2 unspecified atom stereocenters. The summed E-state index contributed by atoms with van der Waals surface area (Å²) >= 11 is 0. The van der Waals surface area contributed by atoms with Crippen molar-refractivity contribution in [1.82, 2.24) is 0 Å². The van der Waals surface area contributed by atoms with Crippen LogP contribution in [0.25, 0.3) is 0 Å². The first-order valence-electron chi connectivity index (χ1n) is 6.10. The number of fused-ring (bicyclic) bond motifs is 1. The van der Waals surface area contributed by atoms with Gasteiger partial charge in [0.15, 0.2) is 0 Å². The Morgan fingerprint density at radius 2 is 2.29 bits per heavy atom. The van der Waals surface area contributed by atoms with Crippen LogP contribution in [-0.2, 0) is 16.6 Å². The van der Waals surface area contributed by atoms with Crippen LogP contribution in [-0.4, -0.2) is 24.7 Å². The first kappa shape index (κ1) is 10.6. The fourth-order valence-corrected chi connectivity index (χ4v) is 2.97. The summed E-state index contributed by atoms with van der Waals surface area (Å²) in [6.45, 7) is 3.13. The van der Waals surface area contributed by atoms with Crippen LogP contribution in [0.3, 0.4) is 0 Å². The Morgan fingerprint density at radius 3 is 2.94 bits per heavy atom. The maximum absolute atomic E-state index is 11.0. The average Bonchev–Trinajstić information content (AvgIpc) is 2.87. The summed E-state index contributed by atoms with van der Waals surface area (Å²) in [6.07, 6.45) is 1.85. The standard InChI is InChI=1S/C14H17NO2/c1-14(8-11(14)13(16)17)10-3-4-12-9(7-10)5-6-15(12)2/h3-4,7,11H,5-6,8H2,1-2H3,(H,16,17). The molecule has 3 heteroatoms. The molecule has 0 saturated heterocycles. The molecule has 2 atom stereocenters. The summed E-state index contributed by atoms with van der Waals surface area (Å²) in [5.41, 5.74) is 3.72. The van der Waals surface area contributed by atoms with Crippen LogP contribution >= 0.6 is 0 Å². The Balaban J connectivity index is 1.94. The van der Waals surface area contributed by atoms with Gasteiger partial charge in [0.2, 0.25) is 0 Å². The van der Waals surface area contributed by atoms with Crippen LogP contribution < -0.4 is 4.90 Å². The van der Waals surface area contributed by atoms with E-state index in [9.17, 15) is 4.79 Å². The molecule has 1 aromatic carbocycles.